The second-order valence-corrected chi connectivity index (χ2v) is 12.0. The van der Waals surface area contributed by atoms with Gasteiger partial charge >= 0.3 is 10.2 Å². The molecule has 2 aromatic rings. The predicted octanol–water partition coefficient (Wildman–Crippen LogP) is 4.22. The van der Waals surface area contributed by atoms with Gasteiger partial charge in [0.2, 0.25) is 11.8 Å². The fourth-order valence-corrected chi connectivity index (χ4v) is 5.73. The largest absolute Gasteiger partial charge is 0.352 e. The fraction of sp³-hybridized carbons (Fsp3) is 0.440. The number of hydrogen-bond donors (Lipinski definition) is 1. The molecule has 202 valence electrons. The van der Waals surface area contributed by atoms with Crippen LogP contribution in [0.2, 0.25) is 10.0 Å². The van der Waals surface area contributed by atoms with Crippen LogP contribution in [-0.4, -0.2) is 62.2 Å². The van der Waals surface area contributed by atoms with Crippen LogP contribution in [0.25, 0.3) is 0 Å². The van der Waals surface area contributed by atoms with E-state index >= 15 is 0 Å². The van der Waals surface area contributed by atoms with Crippen molar-refractivity contribution in [2.24, 2.45) is 0 Å². The van der Waals surface area contributed by atoms with Crippen molar-refractivity contribution in [3.63, 3.8) is 0 Å². The summed E-state index contributed by atoms with van der Waals surface area (Å²) in [5.41, 5.74) is 0.533. The summed E-state index contributed by atoms with van der Waals surface area (Å²) in [6.45, 7) is 0.834. The van der Waals surface area contributed by atoms with Crippen molar-refractivity contribution < 1.29 is 22.4 Å². The number of nitrogens with one attached hydrogen (secondary N) is 1. The maximum Gasteiger partial charge on any atom is 0.304 e. The van der Waals surface area contributed by atoms with Gasteiger partial charge in [-0.15, -0.1) is 0 Å². The molecule has 12 heteroatoms. The monoisotopic (exact) mass is 572 g/mol. The molecular weight excluding hydrogens is 542 g/mol. The average Bonchev–Trinajstić information content (AvgIpc) is 3.35. The first-order valence-corrected chi connectivity index (χ1v) is 14.1. The maximum absolute atomic E-state index is 13.7. The van der Waals surface area contributed by atoms with E-state index in [9.17, 15) is 22.4 Å². The number of nitrogens with zero attached hydrogens (tertiary/aromatic N) is 3. The van der Waals surface area contributed by atoms with Crippen molar-refractivity contribution >= 4 is 50.9 Å². The molecule has 3 rings (SSSR count). The van der Waals surface area contributed by atoms with Gasteiger partial charge < -0.3 is 10.2 Å². The Balaban J connectivity index is 1.96. The topological polar surface area (TPSA) is 90.0 Å². The third kappa shape index (κ3) is 7.13. The summed E-state index contributed by atoms with van der Waals surface area (Å²) >= 11 is 12.7. The van der Waals surface area contributed by atoms with Gasteiger partial charge in [-0.1, -0.05) is 42.1 Å². The van der Waals surface area contributed by atoms with Gasteiger partial charge in [-0.25, -0.2) is 8.70 Å². The van der Waals surface area contributed by atoms with Crippen LogP contribution in [0.5, 0.6) is 0 Å². The summed E-state index contributed by atoms with van der Waals surface area (Å²) in [5, 5.41) is 3.61. The molecule has 0 aliphatic heterocycles. The fourth-order valence-electron chi connectivity index (χ4n) is 4.15. The zero-order valence-corrected chi connectivity index (χ0v) is 23.3. The number of carbonyl (C=O) groups excluding carboxylic acids is 2. The molecule has 0 saturated heterocycles. The van der Waals surface area contributed by atoms with E-state index in [2.05, 4.69) is 5.32 Å². The van der Waals surface area contributed by atoms with Crippen LogP contribution in [-0.2, 0) is 26.3 Å². The summed E-state index contributed by atoms with van der Waals surface area (Å²) in [5.74, 6) is -1.56. The van der Waals surface area contributed by atoms with Gasteiger partial charge in [-0.3, -0.25) is 9.59 Å². The molecule has 1 atom stereocenters. The lowest BCUT2D eigenvalue weighted by Gasteiger charge is -2.33. The molecule has 0 radical (unpaired) electrons. The highest BCUT2D eigenvalue weighted by Crippen LogP contribution is 2.28. The third-order valence-corrected chi connectivity index (χ3v) is 8.92. The number of anilines is 1. The molecule has 0 spiro atoms. The Morgan fingerprint density at radius 3 is 2.16 bits per heavy atom. The zero-order chi connectivity index (χ0) is 27.3. The van der Waals surface area contributed by atoms with Gasteiger partial charge in [0.05, 0.1) is 5.69 Å². The van der Waals surface area contributed by atoms with Gasteiger partial charge in [0.25, 0.3) is 0 Å². The Morgan fingerprint density at radius 2 is 1.62 bits per heavy atom. The van der Waals surface area contributed by atoms with Crippen LogP contribution < -0.4 is 9.62 Å². The summed E-state index contributed by atoms with van der Waals surface area (Å²) in [6.07, 6.45) is 3.77. The minimum absolute atomic E-state index is 0.0284. The zero-order valence-electron chi connectivity index (χ0n) is 21.0. The number of amides is 2. The molecular formula is C25H31Cl2FN4O4S. The highest BCUT2D eigenvalue weighted by molar-refractivity contribution is 7.90. The molecule has 8 nitrogen and oxygen atoms in total. The van der Waals surface area contributed by atoms with Gasteiger partial charge in [0.1, 0.15) is 18.4 Å². The first kappa shape index (κ1) is 29.2. The molecule has 1 fully saturated rings. The SMILES string of the molecule is CC(C(=O)NC1CCCC1)N(Cc1c(Cl)cccc1Cl)C(=O)CN(c1ccc(F)cc1)S(=O)(=O)N(C)C. The van der Waals surface area contributed by atoms with Crippen LogP contribution in [0.15, 0.2) is 42.5 Å². The van der Waals surface area contributed by atoms with Crippen LogP contribution in [0, 0.1) is 5.82 Å². The van der Waals surface area contributed by atoms with Gasteiger partial charge in [-0.05, 0) is 56.2 Å². The quantitative estimate of drug-likeness (QED) is 0.461. The average molecular weight is 574 g/mol. The van der Waals surface area contributed by atoms with Crippen molar-refractivity contribution in [3.8, 4) is 0 Å². The summed E-state index contributed by atoms with van der Waals surface area (Å²) in [7, 11) is -1.49. The highest BCUT2D eigenvalue weighted by Gasteiger charge is 2.34. The summed E-state index contributed by atoms with van der Waals surface area (Å²) in [4.78, 5) is 28.1. The lowest BCUT2D eigenvalue weighted by Crippen LogP contribution is -2.53. The number of hydrogen-bond acceptors (Lipinski definition) is 4. The van der Waals surface area contributed by atoms with Crippen molar-refractivity contribution in [2.75, 3.05) is 24.9 Å². The van der Waals surface area contributed by atoms with Crippen molar-refractivity contribution in [3.05, 3.63) is 63.9 Å². The number of carbonyl (C=O) groups is 2. The smallest absolute Gasteiger partial charge is 0.304 e. The number of halogens is 3. The van der Waals surface area contributed by atoms with E-state index in [1.165, 1.54) is 31.1 Å². The van der Waals surface area contributed by atoms with E-state index < -0.39 is 34.5 Å². The first-order valence-electron chi connectivity index (χ1n) is 11.9. The molecule has 0 aromatic heterocycles. The number of rotatable bonds is 10. The summed E-state index contributed by atoms with van der Waals surface area (Å²) in [6, 6.07) is 8.75. The van der Waals surface area contributed by atoms with Gasteiger partial charge in [-0.2, -0.15) is 12.7 Å². The Kier molecular flexibility index (Phi) is 9.80. The lowest BCUT2D eigenvalue weighted by molar-refractivity contribution is -0.139. The van der Waals surface area contributed by atoms with Crippen LogP contribution >= 0.6 is 23.2 Å². The predicted molar refractivity (Wildman–Crippen MR) is 143 cm³/mol. The number of benzene rings is 2. The molecule has 37 heavy (non-hydrogen) atoms. The third-order valence-electron chi connectivity index (χ3n) is 6.39. The van der Waals surface area contributed by atoms with E-state index in [1.807, 2.05) is 0 Å². The normalized spacial score (nSPS) is 15.0. The molecule has 1 aliphatic rings. The Morgan fingerprint density at radius 1 is 1.05 bits per heavy atom. The maximum atomic E-state index is 13.7. The molecule has 2 amide bonds. The molecule has 1 N–H and O–H groups in total. The van der Waals surface area contributed by atoms with E-state index in [-0.39, 0.29) is 24.2 Å². The Labute approximate surface area is 227 Å². The van der Waals surface area contributed by atoms with Crippen LogP contribution in [0.1, 0.15) is 38.2 Å². The second-order valence-electron chi connectivity index (χ2n) is 9.16. The molecule has 1 saturated carbocycles. The minimum atomic E-state index is -4.14. The van der Waals surface area contributed by atoms with Crippen molar-refractivity contribution in [1.29, 1.82) is 0 Å². The molecule has 1 unspecified atom stereocenters. The van der Waals surface area contributed by atoms with Gasteiger partial charge in [0, 0.05) is 42.3 Å². The molecule has 0 bridgehead atoms. The van der Waals surface area contributed by atoms with Crippen LogP contribution in [0.3, 0.4) is 0 Å². The van der Waals surface area contributed by atoms with E-state index in [0.717, 1.165) is 46.4 Å². The molecule has 2 aromatic carbocycles. The summed E-state index contributed by atoms with van der Waals surface area (Å²) < 4.78 is 41.7. The standard InChI is InChI=1S/C25H31Cl2FN4O4S/c1-17(25(34)29-19-7-4-5-8-19)31(15-21-22(26)9-6-10-23(21)27)24(33)16-32(37(35,36)30(2)3)20-13-11-18(28)12-14-20/h6,9-14,17,19H,4-5,7-8,15-16H2,1-3H3,(H,29,34). The molecule has 1 aliphatic carbocycles. The van der Waals surface area contributed by atoms with Crippen LogP contribution in [0.4, 0.5) is 10.1 Å². The minimum Gasteiger partial charge on any atom is -0.352 e. The van der Waals surface area contributed by atoms with Gasteiger partial charge in [0.15, 0.2) is 0 Å². The first-order chi connectivity index (χ1) is 17.4. The lowest BCUT2D eigenvalue weighted by atomic mass is 10.1. The van der Waals surface area contributed by atoms with E-state index in [4.69, 9.17) is 23.2 Å². The van der Waals surface area contributed by atoms with E-state index in [1.54, 1.807) is 25.1 Å². The Hall–Kier alpha value is -2.40. The van der Waals surface area contributed by atoms with Crippen molar-refractivity contribution in [2.45, 2.75) is 51.2 Å². The van der Waals surface area contributed by atoms with E-state index in [0.29, 0.717) is 15.6 Å². The second kappa shape index (κ2) is 12.4. The Bertz CT molecular complexity index is 1200. The van der Waals surface area contributed by atoms with Crippen molar-refractivity contribution in [1.82, 2.24) is 14.5 Å². The molecule has 0 heterocycles. The highest BCUT2D eigenvalue weighted by atomic mass is 35.5.